The summed E-state index contributed by atoms with van der Waals surface area (Å²) >= 11 is 0. The van der Waals surface area contributed by atoms with Gasteiger partial charge in [-0.15, -0.1) is 0 Å². The maximum Gasteiger partial charge on any atom is 0.251 e. The van der Waals surface area contributed by atoms with Crippen LogP contribution in [0.2, 0.25) is 0 Å². The summed E-state index contributed by atoms with van der Waals surface area (Å²) in [6.07, 6.45) is 1.23. The lowest BCUT2D eigenvalue weighted by Gasteiger charge is -2.25. The molecule has 0 bridgehead atoms. The summed E-state index contributed by atoms with van der Waals surface area (Å²) in [5.41, 5.74) is 7.00. The van der Waals surface area contributed by atoms with E-state index < -0.39 is 5.60 Å². The SMILES string of the molecule is CCC(O)(CC)CNC(=O)c1ccc(N)c(C)c1. The first-order chi connectivity index (χ1) is 8.41. The van der Waals surface area contributed by atoms with Gasteiger partial charge in [0.15, 0.2) is 0 Å². The number of hydrogen-bond donors (Lipinski definition) is 3. The highest BCUT2D eigenvalue weighted by Crippen LogP contribution is 2.15. The van der Waals surface area contributed by atoms with Crippen LogP contribution in [-0.2, 0) is 0 Å². The third-order valence-electron chi connectivity index (χ3n) is 3.43. The fourth-order valence-electron chi connectivity index (χ4n) is 1.66. The van der Waals surface area contributed by atoms with E-state index in [4.69, 9.17) is 5.73 Å². The van der Waals surface area contributed by atoms with Gasteiger partial charge in [-0.1, -0.05) is 13.8 Å². The van der Waals surface area contributed by atoms with Crippen molar-refractivity contribution in [2.45, 2.75) is 39.2 Å². The summed E-state index contributed by atoms with van der Waals surface area (Å²) in [4.78, 5) is 11.9. The van der Waals surface area contributed by atoms with Crippen LogP contribution in [0.15, 0.2) is 18.2 Å². The molecule has 100 valence electrons. The van der Waals surface area contributed by atoms with Crippen LogP contribution in [0.3, 0.4) is 0 Å². The van der Waals surface area contributed by atoms with Crippen LogP contribution in [0.1, 0.15) is 42.6 Å². The number of anilines is 1. The van der Waals surface area contributed by atoms with Crippen molar-refractivity contribution >= 4 is 11.6 Å². The average molecular weight is 250 g/mol. The molecule has 0 aliphatic heterocycles. The molecule has 0 unspecified atom stereocenters. The van der Waals surface area contributed by atoms with Crippen LogP contribution in [0.25, 0.3) is 0 Å². The molecule has 4 heteroatoms. The van der Waals surface area contributed by atoms with Gasteiger partial charge in [0.2, 0.25) is 0 Å². The van der Waals surface area contributed by atoms with Crippen LogP contribution < -0.4 is 11.1 Å². The Morgan fingerprint density at radius 2 is 2.00 bits per heavy atom. The van der Waals surface area contributed by atoms with Crippen molar-refractivity contribution in [3.8, 4) is 0 Å². The highest BCUT2D eigenvalue weighted by Gasteiger charge is 2.22. The van der Waals surface area contributed by atoms with Gasteiger partial charge in [0.25, 0.3) is 5.91 Å². The van der Waals surface area contributed by atoms with E-state index in [9.17, 15) is 9.90 Å². The van der Waals surface area contributed by atoms with E-state index in [2.05, 4.69) is 5.32 Å². The standard InChI is InChI=1S/C14H22N2O2/c1-4-14(18,5-2)9-16-13(17)11-6-7-12(15)10(3)8-11/h6-8,18H,4-5,9,15H2,1-3H3,(H,16,17). The normalized spacial score (nSPS) is 11.3. The smallest absolute Gasteiger partial charge is 0.251 e. The molecule has 0 aliphatic rings. The molecule has 0 atom stereocenters. The number of amides is 1. The van der Waals surface area contributed by atoms with Crippen LogP contribution in [0.4, 0.5) is 5.69 Å². The Bertz CT molecular complexity index is 426. The monoisotopic (exact) mass is 250 g/mol. The molecule has 1 aromatic rings. The van der Waals surface area contributed by atoms with Crippen molar-refractivity contribution < 1.29 is 9.90 Å². The second-order valence-electron chi connectivity index (χ2n) is 4.69. The van der Waals surface area contributed by atoms with E-state index in [1.54, 1.807) is 18.2 Å². The minimum absolute atomic E-state index is 0.182. The van der Waals surface area contributed by atoms with Gasteiger partial charge in [0, 0.05) is 17.8 Å². The number of nitrogens with two attached hydrogens (primary N) is 1. The van der Waals surface area contributed by atoms with Gasteiger partial charge in [-0.3, -0.25) is 4.79 Å². The highest BCUT2D eigenvalue weighted by atomic mass is 16.3. The molecular weight excluding hydrogens is 228 g/mol. The molecule has 0 saturated carbocycles. The van der Waals surface area contributed by atoms with E-state index in [-0.39, 0.29) is 12.5 Å². The van der Waals surface area contributed by atoms with Crippen molar-refractivity contribution in [1.29, 1.82) is 0 Å². The Balaban J connectivity index is 2.68. The number of aliphatic hydroxyl groups is 1. The molecule has 0 saturated heterocycles. The molecule has 4 N–H and O–H groups in total. The molecule has 1 aromatic carbocycles. The largest absolute Gasteiger partial charge is 0.399 e. The Kier molecular flexibility index (Phi) is 4.73. The summed E-state index contributed by atoms with van der Waals surface area (Å²) in [5.74, 6) is -0.182. The Morgan fingerprint density at radius 1 is 1.39 bits per heavy atom. The Hall–Kier alpha value is -1.55. The number of nitrogens with one attached hydrogen (secondary N) is 1. The van der Waals surface area contributed by atoms with Crippen molar-refractivity contribution in [3.05, 3.63) is 29.3 Å². The molecule has 0 spiro atoms. The number of hydrogen-bond acceptors (Lipinski definition) is 3. The first-order valence-electron chi connectivity index (χ1n) is 6.28. The van der Waals surface area contributed by atoms with Gasteiger partial charge in [0.1, 0.15) is 0 Å². The van der Waals surface area contributed by atoms with Gasteiger partial charge in [-0.05, 0) is 43.5 Å². The van der Waals surface area contributed by atoms with Crippen molar-refractivity contribution in [2.75, 3.05) is 12.3 Å². The lowest BCUT2D eigenvalue weighted by Crippen LogP contribution is -2.42. The fraction of sp³-hybridized carbons (Fsp3) is 0.500. The zero-order valence-corrected chi connectivity index (χ0v) is 11.3. The lowest BCUT2D eigenvalue weighted by atomic mass is 9.97. The molecule has 1 amide bonds. The third kappa shape index (κ3) is 3.47. The van der Waals surface area contributed by atoms with Gasteiger partial charge in [0.05, 0.1) is 5.60 Å². The third-order valence-corrected chi connectivity index (χ3v) is 3.43. The van der Waals surface area contributed by atoms with Crippen molar-refractivity contribution in [1.82, 2.24) is 5.32 Å². The number of nitrogen functional groups attached to an aromatic ring is 1. The van der Waals surface area contributed by atoms with Crippen LogP contribution in [0.5, 0.6) is 0 Å². The molecule has 18 heavy (non-hydrogen) atoms. The molecule has 1 rings (SSSR count). The minimum Gasteiger partial charge on any atom is -0.399 e. The second kappa shape index (κ2) is 5.87. The molecule has 0 heterocycles. The quantitative estimate of drug-likeness (QED) is 0.698. The van der Waals surface area contributed by atoms with E-state index in [1.807, 2.05) is 20.8 Å². The number of aryl methyl sites for hydroxylation is 1. The van der Waals surface area contributed by atoms with Crippen LogP contribution >= 0.6 is 0 Å². The number of benzene rings is 1. The van der Waals surface area contributed by atoms with Gasteiger partial charge in [-0.2, -0.15) is 0 Å². The summed E-state index contributed by atoms with van der Waals surface area (Å²) in [6, 6.07) is 5.16. The number of carbonyl (C=O) groups is 1. The van der Waals surface area contributed by atoms with E-state index >= 15 is 0 Å². The van der Waals surface area contributed by atoms with E-state index in [0.29, 0.717) is 24.1 Å². The molecule has 0 aromatic heterocycles. The number of carbonyl (C=O) groups excluding carboxylic acids is 1. The molecule has 0 aliphatic carbocycles. The topological polar surface area (TPSA) is 75.3 Å². The van der Waals surface area contributed by atoms with E-state index in [0.717, 1.165) is 5.56 Å². The highest BCUT2D eigenvalue weighted by molar-refractivity contribution is 5.94. The Morgan fingerprint density at radius 3 is 2.50 bits per heavy atom. The summed E-state index contributed by atoms with van der Waals surface area (Å²) < 4.78 is 0. The first kappa shape index (κ1) is 14.5. The summed E-state index contributed by atoms with van der Waals surface area (Å²) in [5, 5.41) is 12.8. The maximum atomic E-state index is 11.9. The minimum atomic E-state index is -0.821. The zero-order valence-electron chi connectivity index (χ0n) is 11.3. The van der Waals surface area contributed by atoms with Gasteiger partial charge < -0.3 is 16.2 Å². The molecule has 0 radical (unpaired) electrons. The fourth-order valence-corrected chi connectivity index (χ4v) is 1.66. The molecule has 0 fully saturated rings. The molecular formula is C14H22N2O2. The number of rotatable bonds is 5. The predicted molar refractivity (Wildman–Crippen MR) is 73.5 cm³/mol. The zero-order chi connectivity index (χ0) is 13.8. The van der Waals surface area contributed by atoms with Crippen LogP contribution in [-0.4, -0.2) is 23.2 Å². The predicted octanol–water partition coefficient (Wildman–Crippen LogP) is 1.86. The second-order valence-corrected chi connectivity index (χ2v) is 4.69. The maximum absolute atomic E-state index is 11.9. The summed E-state index contributed by atoms with van der Waals surface area (Å²) in [6.45, 7) is 5.94. The van der Waals surface area contributed by atoms with Crippen molar-refractivity contribution in [3.63, 3.8) is 0 Å². The molecule has 4 nitrogen and oxygen atoms in total. The Labute approximate surface area is 108 Å². The first-order valence-corrected chi connectivity index (χ1v) is 6.28. The summed E-state index contributed by atoms with van der Waals surface area (Å²) in [7, 11) is 0. The van der Waals surface area contributed by atoms with Crippen molar-refractivity contribution in [2.24, 2.45) is 0 Å². The lowest BCUT2D eigenvalue weighted by molar-refractivity contribution is 0.0314. The van der Waals surface area contributed by atoms with Gasteiger partial charge in [-0.25, -0.2) is 0 Å². The van der Waals surface area contributed by atoms with E-state index in [1.165, 1.54) is 0 Å². The average Bonchev–Trinajstić information content (AvgIpc) is 2.38. The van der Waals surface area contributed by atoms with Gasteiger partial charge >= 0.3 is 0 Å². The van der Waals surface area contributed by atoms with Crippen LogP contribution in [0, 0.1) is 6.92 Å².